The van der Waals surface area contributed by atoms with E-state index in [-0.39, 0.29) is 28.9 Å². The van der Waals surface area contributed by atoms with Gasteiger partial charge in [0, 0.05) is 24.2 Å². The normalized spacial score (nSPS) is 18.8. The summed E-state index contributed by atoms with van der Waals surface area (Å²) in [5, 5.41) is 5.61. The molecule has 2 rings (SSSR count). The minimum atomic E-state index is -4.51. The largest absolute Gasteiger partial charge is 0.417 e. The van der Waals surface area contributed by atoms with Crippen molar-refractivity contribution in [2.24, 2.45) is 5.73 Å². The molecule has 1 heterocycles. The Labute approximate surface area is 118 Å². The maximum atomic E-state index is 12.8. The van der Waals surface area contributed by atoms with Gasteiger partial charge in [-0.3, -0.25) is 4.79 Å². The number of hydrogen-bond acceptors (Lipinski definition) is 3. The molecule has 1 aliphatic rings. The van der Waals surface area contributed by atoms with Crippen molar-refractivity contribution in [2.75, 3.05) is 11.9 Å². The molecule has 4 nitrogen and oxygen atoms in total. The second-order valence-corrected chi connectivity index (χ2v) is 4.91. The lowest BCUT2D eigenvalue weighted by Gasteiger charge is -2.16. The van der Waals surface area contributed by atoms with Crippen molar-refractivity contribution < 1.29 is 18.0 Å². The lowest BCUT2D eigenvalue weighted by Crippen LogP contribution is -2.23. The molecule has 1 aliphatic heterocycles. The average molecular weight is 303 g/mol. The van der Waals surface area contributed by atoms with Crippen molar-refractivity contribution in [3.8, 4) is 0 Å². The van der Waals surface area contributed by atoms with Crippen molar-refractivity contribution in [3.05, 3.63) is 29.3 Å². The molecular weight excluding hydrogens is 291 g/mol. The van der Waals surface area contributed by atoms with E-state index in [1.165, 1.54) is 12.1 Å². The molecule has 0 aromatic heterocycles. The van der Waals surface area contributed by atoms with E-state index in [9.17, 15) is 18.0 Å². The highest BCUT2D eigenvalue weighted by molar-refractivity contribution is 7.80. The van der Waals surface area contributed by atoms with Gasteiger partial charge in [-0.2, -0.15) is 13.2 Å². The number of anilines is 1. The van der Waals surface area contributed by atoms with E-state index in [4.69, 9.17) is 5.73 Å². The Balaban J connectivity index is 2.26. The van der Waals surface area contributed by atoms with Crippen molar-refractivity contribution in [1.29, 1.82) is 0 Å². The van der Waals surface area contributed by atoms with Gasteiger partial charge in [0.1, 0.15) is 4.99 Å². The molecule has 1 fully saturated rings. The van der Waals surface area contributed by atoms with Crippen LogP contribution in [0.15, 0.2) is 18.2 Å². The number of benzene rings is 1. The lowest BCUT2D eigenvalue weighted by atomic mass is 10.1. The molecule has 4 N–H and O–H groups in total. The minimum Gasteiger partial charge on any atom is -0.389 e. The summed E-state index contributed by atoms with van der Waals surface area (Å²) < 4.78 is 38.4. The van der Waals surface area contributed by atoms with E-state index in [2.05, 4.69) is 22.9 Å². The molecule has 20 heavy (non-hydrogen) atoms. The molecule has 1 aromatic rings. The number of amides is 1. The van der Waals surface area contributed by atoms with Gasteiger partial charge < -0.3 is 16.4 Å². The number of rotatable bonds is 3. The number of nitrogens with one attached hydrogen (secondary N) is 2. The molecule has 0 radical (unpaired) electrons. The maximum absolute atomic E-state index is 12.8. The molecule has 108 valence electrons. The summed E-state index contributed by atoms with van der Waals surface area (Å²) in [6.07, 6.45) is -4.23. The molecule has 0 spiro atoms. The van der Waals surface area contributed by atoms with Gasteiger partial charge in [0.2, 0.25) is 5.91 Å². The van der Waals surface area contributed by atoms with E-state index in [0.29, 0.717) is 12.2 Å². The first-order valence-electron chi connectivity index (χ1n) is 5.81. The van der Waals surface area contributed by atoms with E-state index < -0.39 is 11.7 Å². The lowest BCUT2D eigenvalue weighted by molar-refractivity contribution is -0.137. The Morgan fingerprint density at radius 2 is 2.15 bits per heavy atom. The highest BCUT2D eigenvalue weighted by Crippen LogP contribution is 2.33. The van der Waals surface area contributed by atoms with Gasteiger partial charge in [-0.15, -0.1) is 0 Å². The second kappa shape index (κ2) is 5.28. The zero-order valence-electron chi connectivity index (χ0n) is 10.3. The van der Waals surface area contributed by atoms with Gasteiger partial charge in [0.15, 0.2) is 0 Å². The molecule has 1 unspecified atom stereocenters. The van der Waals surface area contributed by atoms with Crippen molar-refractivity contribution in [2.45, 2.75) is 18.6 Å². The smallest absolute Gasteiger partial charge is 0.389 e. The number of halogens is 3. The van der Waals surface area contributed by atoms with Gasteiger partial charge in [-0.1, -0.05) is 12.2 Å². The van der Waals surface area contributed by atoms with Crippen LogP contribution in [0.25, 0.3) is 0 Å². The monoisotopic (exact) mass is 303 g/mol. The minimum absolute atomic E-state index is 0.0935. The molecule has 0 bridgehead atoms. The number of hydrogen-bond donors (Lipinski definition) is 3. The topological polar surface area (TPSA) is 67.2 Å². The molecule has 1 atom stereocenters. The van der Waals surface area contributed by atoms with E-state index in [0.717, 1.165) is 6.07 Å². The number of alkyl halides is 3. The Kier molecular flexibility index (Phi) is 3.85. The maximum Gasteiger partial charge on any atom is 0.417 e. The molecule has 1 amide bonds. The molecule has 8 heteroatoms. The summed E-state index contributed by atoms with van der Waals surface area (Å²) in [4.78, 5) is 10.7. The highest BCUT2D eigenvalue weighted by atomic mass is 32.1. The van der Waals surface area contributed by atoms with Gasteiger partial charge in [0.05, 0.1) is 11.6 Å². The van der Waals surface area contributed by atoms with Gasteiger partial charge in [-0.25, -0.2) is 0 Å². The molecule has 1 aromatic carbocycles. The first-order chi connectivity index (χ1) is 9.27. The predicted molar refractivity (Wildman–Crippen MR) is 72.4 cm³/mol. The van der Waals surface area contributed by atoms with Crippen LogP contribution >= 0.6 is 12.2 Å². The fourth-order valence-corrected chi connectivity index (χ4v) is 2.20. The fourth-order valence-electron chi connectivity index (χ4n) is 2.03. The van der Waals surface area contributed by atoms with Crippen molar-refractivity contribution in [3.63, 3.8) is 0 Å². The first-order valence-corrected chi connectivity index (χ1v) is 6.22. The quantitative estimate of drug-likeness (QED) is 0.743. The molecular formula is C12H12F3N3OS. The average Bonchev–Trinajstić information content (AvgIpc) is 2.73. The zero-order valence-corrected chi connectivity index (χ0v) is 11.1. The third kappa shape index (κ3) is 3.19. The molecule has 1 saturated heterocycles. The zero-order chi connectivity index (χ0) is 14.9. The van der Waals surface area contributed by atoms with Crippen LogP contribution in [-0.4, -0.2) is 23.5 Å². The van der Waals surface area contributed by atoms with Crippen LogP contribution in [0.4, 0.5) is 18.9 Å². The summed E-state index contributed by atoms with van der Waals surface area (Å²) in [5.41, 5.74) is 4.70. The van der Waals surface area contributed by atoms with E-state index >= 15 is 0 Å². The number of thiocarbonyl (C=S) groups is 1. The van der Waals surface area contributed by atoms with Gasteiger partial charge in [0.25, 0.3) is 0 Å². The van der Waals surface area contributed by atoms with Crippen LogP contribution < -0.4 is 16.4 Å². The third-order valence-corrected chi connectivity index (χ3v) is 3.16. The van der Waals surface area contributed by atoms with Crippen LogP contribution in [0, 0.1) is 0 Å². The van der Waals surface area contributed by atoms with Crippen molar-refractivity contribution >= 4 is 28.8 Å². The van der Waals surface area contributed by atoms with Crippen LogP contribution in [-0.2, 0) is 11.0 Å². The summed E-state index contributed by atoms with van der Waals surface area (Å²) in [5.74, 6) is -0.0935. The van der Waals surface area contributed by atoms with E-state index in [1.807, 2.05) is 0 Å². The third-order valence-electron chi connectivity index (χ3n) is 2.94. The summed E-state index contributed by atoms with van der Waals surface area (Å²) in [6.45, 7) is 0.433. The Hall–Kier alpha value is -1.83. The standard InChI is InChI=1S/C12H12F3N3OS/c13-12(14,15)9-2-1-6(3-8(9)11(16)20)18-7-4-10(19)17-5-7/h1-3,7,18H,4-5H2,(H2,16,20)(H,17,19). The van der Waals surface area contributed by atoms with Crippen LogP contribution in [0.3, 0.4) is 0 Å². The molecule has 0 saturated carbocycles. The molecule has 0 aliphatic carbocycles. The highest BCUT2D eigenvalue weighted by Gasteiger charge is 2.34. The number of nitrogens with two attached hydrogens (primary N) is 1. The van der Waals surface area contributed by atoms with Crippen molar-refractivity contribution in [1.82, 2.24) is 5.32 Å². The summed E-state index contributed by atoms with van der Waals surface area (Å²) in [7, 11) is 0. The Morgan fingerprint density at radius 1 is 1.45 bits per heavy atom. The summed E-state index contributed by atoms with van der Waals surface area (Å²) in [6, 6.07) is 3.33. The van der Waals surface area contributed by atoms with Gasteiger partial charge in [-0.05, 0) is 18.2 Å². The SMILES string of the molecule is NC(=S)c1cc(NC2CNC(=O)C2)ccc1C(F)(F)F. The van der Waals surface area contributed by atoms with Crippen LogP contribution in [0.1, 0.15) is 17.5 Å². The van der Waals surface area contributed by atoms with Gasteiger partial charge >= 0.3 is 6.18 Å². The Morgan fingerprint density at radius 3 is 2.65 bits per heavy atom. The Bertz CT molecular complexity index is 559. The summed E-state index contributed by atoms with van der Waals surface area (Å²) >= 11 is 4.66. The van der Waals surface area contributed by atoms with E-state index in [1.54, 1.807) is 0 Å². The van der Waals surface area contributed by atoms with Crippen LogP contribution in [0.2, 0.25) is 0 Å². The predicted octanol–water partition coefficient (Wildman–Crippen LogP) is 1.64. The first kappa shape index (κ1) is 14.6. The number of carbonyl (C=O) groups excluding carboxylic acids is 1. The van der Waals surface area contributed by atoms with Crippen LogP contribution in [0.5, 0.6) is 0 Å². The fraction of sp³-hybridized carbons (Fsp3) is 0.333. The second-order valence-electron chi connectivity index (χ2n) is 4.47. The number of carbonyl (C=O) groups is 1.